The molecule has 0 aliphatic heterocycles. The predicted octanol–water partition coefficient (Wildman–Crippen LogP) is 3.99. The quantitative estimate of drug-likeness (QED) is 0.289. The number of hydrogen-bond donors (Lipinski definition) is 2. The van der Waals surface area contributed by atoms with Crippen LogP contribution >= 0.6 is 0 Å². The van der Waals surface area contributed by atoms with Gasteiger partial charge in [0.1, 0.15) is 5.69 Å². The molecule has 0 atom stereocenters. The van der Waals surface area contributed by atoms with Gasteiger partial charge in [-0.25, -0.2) is 9.97 Å². The van der Waals surface area contributed by atoms with Crippen LogP contribution in [0.1, 0.15) is 29.9 Å². The Balaban J connectivity index is 1.85. The molecule has 1 aromatic carbocycles. The minimum atomic E-state index is -4.21. The number of benzene rings is 1. The molecule has 12 nitrogen and oxygen atoms in total. The molecule has 0 aliphatic rings. The van der Waals surface area contributed by atoms with Gasteiger partial charge in [0.2, 0.25) is 5.75 Å². The topological polar surface area (TPSA) is 155 Å². The third-order valence-electron chi connectivity index (χ3n) is 5.37. The largest absolute Gasteiger partial charge is 0.493 e. The van der Waals surface area contributed by atoms with E-state index in [0.717, 1.165) is 5.56 Å². The number of para-hydroxylation sites is 2. The van der Waals surface area contributed by atoms with E-state index in [1.54, 1.807) is 43.3 Å². The van der Waals surface area contributed by atoms with Gasteiger partial charge < -0.3 is 19.5 Å². The van der Waals surface area contributed by atoms with E-state index in [1.165, 1.54) is 38.7 Å². The summed E-state index contributed by atoms with van der Waals surface area (Å²) in [6, 6.07) is 12.8. The van der Waals surface area contributed by atoms with E-state index in [2.05, 4.69) is 30.0 Å². The zero-order chi connectivity index (χ0) is 28.9. The Bertz CT molecular complexity index is 1630. The van der Waals surface area contributed by atoms with Crippen molar-refractivity contribution < 1.29 is 27.4 Å². The molecule has 2 N–H and O–H groups in total. The summed E-state index contributed by atoms with van der Waals surface area (Å²) in [5.41, 5.74) is 1.31. The number of amides is 1. The number of aryl methyl sites for hydroxylation is 1. The molecule has 3 heterocycles. The molecule has 0 radical (unpaired) electrons. The Labute approximate surface area is 231 Å². The van der Waals surface area contributed by atoms with Crippen molar-refractivity contribution >= 4 is 21.7 Å². The fraction of sp³-hybridized carbons (Fsp3) is 0.222. The number of hydrogen-bond acceptors (Lipinski definition) is 10. The number of sulfonamides is 1. The van der Waals surface area contributed by atoms with Crippen molar-refractivity contribution in [2.75, 3.05) is 18.9 Å². The maximum absolute atomic E-state index is 13.3. The Morgan fingerprint density at radius 1 is 0.950 bits per heavy atom. The van der Waals surface area contributed by atoms with Gasteiger partial charge in [-0.3, -0.25) is 14.5 Å². The number of nitrogens with zero attached hydrogens (tertiary/aromatic N) is 4. The van der Waals surface area contributed by atoms with E-state index in [-0.39, 0.29) is 51.7 Å². The van der Waals surface area contributed by atoms with Gasteiger partial charge in [0.25, 0.3) is 21.8 Å². The second-order valence-corrected chi connectivity index (χ2v) is 10.5. The summed E-state index contributed by atoms with van der Waals surface area (Å²) in [7, 11) is -1.38. The first-order chi connectivity index (χ1) is 19.1. The van der Waals surface area contributed by atoms with Gasteiger partial charge in [-0.2, -0.15) is 13.4 Å². The molecule has 0 aliphatic carbocycles. The number of aromatic nitrogens is 4. The van der Waals surface area contributed by atoms with Crippen molar-refractivity contribution in [3.63, 3.8) is 0 Å². The first-order valence-corrected chi connectivity index (χ1v) is 13.6. The minimum Gasteiger partial charge on any atom is -0.493 e. The SMILES string of the molecule is COc1ccccc1Oc1c(NS(=O)(=O)c2ccc(C)cn2)nc(-c2ccnc(C(=O)NC(C)C)c2)nc1OC. The van der Waals surface area contributed by atoms with E-state index in [4.69, 9.17) is 14.2 Å². The van der Waals surface area contributed by atoms with Crippen LogP contribution in [-0.4, -0.2) is 54.5 Å². The van der Waals surface area contributed by atoms with Crippen molar-refractivity contribution in [1.29, 1.82) is 0 Å². The van der Waals surface area contributed by atoms with Gasteiger partial charge in [0.15, 0.2) is 28.2 Å². The number of carbonyl (C=O) groups is 1. The number of methoxy groups -OCH3 is 2. The molecule has 0 saturated carbocycles. The second kappa shape index (κ2) is 11.9. The molecule has 1 amide bonds. The van der Waals surface area contributed by atoms with Crippen LogP contribution in [0.3, 0.4) is 0 Å². The fourth-order valence-electron chi connectivity index (χ4n) is 3.49. The lowest BCUT2D eigenvalue weighted by atomic mass is 10.2. The van der Waals surface area contributed by atoms with Gasteiger partial charge in [0, 0.05) is 24.0 Å². The average molecular weight is 565 g/mol. The van der Waals surface area contributed by atoms with Gasteiger partial charge in [-0.05, 0) is 56.7 Å². The van der Waals surface area contributed by atoms with Crippen LogP contribution in [0, 0.1) is 6.92 Å². The molecule has 4 aromatic rings. The molecule has 0 spiro atoms. The molecule has 0 bridgehead atoms. The zero-order valence-corrected chi connectivity index (χ0v) is 23.3. The highest BCUT2D eigenvalue weighted by atomic mass is 32.2. The van der Waals surface area contributed by atoms with E-state index in [1.807, 2.05) is 13.8 Å². The van der Waals surface area contributed by atoms with Gasteiger partial charge >= 0.3 is 0 Å². The number of rotatable bonds is 10. The van der Waals surface area contributed by atoms with Gasteiger partial charge in [-0.1, -0.05) is 18.2 Å². The maximum atomic E-state index is 13.3. The molecule has 0 unspecified atom stereocenters. The van der Waals surface area contributed by atoms with E-state index < -0.39 is 10.0 Å². The monoisotopic (exact) mass is 564 g/mol. The molecule has 13 heteroatoms. The van der Waals surface area contributed by atoms with Crippen LogP contribution in [-0.2, 0) is 10.0 Å². The molecule has 0 fully saturated rings. The lowest BCUT2D eigenvalue weighted by Gasteiger charge is -2.17. The Morgan fingerprint density at radius 3 is 2.35 bits per heavy atom. The highest BCUT2D eigenvalue weighted by Crippen LogP contribution is 2.41. The number of carbonyl (C=O) groups excluding carboxylic acids is 1. The van der Waals surface area contributed by atoms with Gasteiger partial charge in [0.05, 0.1) is 14.2 Å². The van der Waals surface area contributed by atoms with Crippen molar-refractivity contribution in [1.82, 2.24) is 25.3 Å². The lowest BCUT2D eigenvalue weighted by Crippen LogP contribution is -2.30. The molecule has 208 valence electrons. The van der Waals surface area contributed by atoms with Crippen LogP contribution < -0.4 is 24.2 Å². The first kappa shape index (κ1) is 28.2. The predicted molar refractivity (Wildman–Crippen MR) is 147 cm³/mol. The smallest absolute Gasteiger partial charge is 0.280 e. The summed E-state index contributed by atoms with van der Waals surface area (Å²) >= 11 is 0. The molecule has 0 saturated heterocycles. The summed E-state index contributed by atoms with van der Waals surface area (Å²) < 4.78 is 46.0. The van der Waals surface area contributed by atoms with E-state index in [9.17, 15) is 13.2 Å². The van der Waals surface area contributed by atoms with Crippen molar-refractivity contribution in [3.05, 3.63) is 72.2 Å². The number of nitrogens with one attached hydrogen (secondary N) is 2. The summed E-state index contributed by atoms with van der Waals surface area (Å²) in [5.74, 6) is -0.0809. The number of pyridine rings is 2. The summed E-state index contributed by atoms with van der Waals surface area (Å²) in [6.45, 7) is 5.46. The van der Waals surface area contributed by atoms with Crippen LogP contribution in [0.2, 0.25) is 0 Å². The highest BCUT2D eigenvalue weighted by Gasteiger charge is 2.26. The molecular weight excluding hydrogens is 536 g/mol. The van der Waals surface area contributed by atoms with Crippen LogP contribution in [0.5, 0.6) is 23.1 Å². The van der Waals surface area contributed by atoms with E-state index >= 15 is 0 Å². The highest BCUT2D eigenvalue weighted by molar-refractivity contribution is 7.92. The van der Waals surface area contributed by atoms with Crippen molar-refractivity contribution in [3.8, 4) is 34.5 Å². The first-order valence-electron chi connectivity index (χ1n) is 12.1. The zero-order valence-electron chi connectivity index (χ0n) is 22.5. The van der Waals surface area contributed by atoms with E-state index in [0.29, 0.717) is 11.3 Å². The lowest BCUT2D eigenvalue weighted by molar-refractivity contribution is 0.0938. The Hall–Kier alpha value is -4.78. The van der Waals surface area contributed by atoms with Crippen LogP contribution in [0.4, 0.5) is 5.82 Å². The molecular formula is C27H28N6O6S. The van der Waals surface area contributed by atoms with Crippen molar-refractivity contribution in [2.24, 2.45) is 0 Å². The van der Waals surface area contributed by atoms with Gasteiger partial charge in [-0.15, -0.1) is 0 Å². The van der Waals surface area contributed by atoms with Crippen LogP contribution in [0.25, 0.3) is 11.4 Å². The standard InChI is InChI=1S/C27H28N6O6S/c1-16(2)30-26(34)19-14-18(12-13-28-19)24-31-25(33-40(35,36)22-11-10-17(3)15-29-22)23(27(32-24)38-5)39-21-9-7-6-8-20(21)37-4/h6-16H,1-5H3,(H,30,34)(H,31,32,33). The summed E-state index contributed by atoms with van der Waals surface area (Å²) in [6.07, 6.45) is 2.87. The normalized spacial score (nSPS) is 11.2. The minimum absolute atomic E-state index is 0.0554. The number of anilines is 1. The molecule has 40 heavy (non-hydrogen) atoms. The third kappa shape index (κ3) is 6.43. The summed E-state index contributed by atoms with van der Waals surface area (Å²) in [5, 5.41) is 2.55. The Kier molecular flexibility index (Phi) is 8.43. The Morgan fingerprint density at radius 2 is 1.70 bits per heavy atom. The maximum Gasteiger partial charge on any atom is 0.280 e. The second-order valence-electron chi connectivity index (χ2n) is 8.82. The fourth-order valence-corrected chi connectivity index (χ4v) is 4.43. The average Bonchev–Trinajstić information content (AvgIpc) is 2.93. The van der Waals surface area contributed by atoms with Crippen molar-refractivity contribution in [2.45, 2.75) is 31.8 Å². The summed E-state index contributed by atoms with van der Waals surface area (Å²) in [4.78, 5) is 29.6. The molecule has 4 rings (SSSR count). The number of ether oxygens (including phenoxy) is 3. The molecule has 3 aromatic heterocycles. The third-order valence-corrected chi connectivity index (χ3v) is 6.62. The van der Waals surface area contributed by atoms with Crippen LogP contribution in [0.15, 0.2) is 66.0 Å².